The number of amides is 1. The molecule has 1 aliphatic rings. The predicted octanol–water partition coefficient (Wildman–Crippen LogP) is 0.992. The molecule has 0 spiro atoms. The normalized spacial score (nSPS) is 24.9. The van der Waals surface area contributed by atoms with Crippen LogP contribution in [0.25, 0.3) is 0 Å². The van der Waals surface area contributed by atoms with Gasteiger partial charge in [0.05, 0.1) is 0 Å². The van der Waals surface area contributed by atoms with E-state index in [1.54, 1.807) is 0 Å². The lowest BCUT2D eigenvalue weighted by Crippen LogP contribution is -2.45. The largest absolute Gasteiger partial charge is 0.348 e. The minimum Gasteiger partial charge on any atom is -0.348 e. The molecule has 1 saturated heterocycles. The maximum absolute atomic E-state index is 11.6. The van der Waals surface area contributed by atoms with E-state index in [0.717, 1.165) is 5.56 Å². The van der Waals surface area contributed by atoms with Gasteiger partial charge >= 0.3 is 0 Å². The molecule has 1 amide bonds. The predicted molar refractivity (Wildman–Crippen MR) is 62.4 cm³/mol. The second-order valence-corrected chi connectivity index (χ2v) is 4.31. The van der Waals surface area contributed by atoms with Crippen LogP contribution < -0.4 is 10.6 Å². The minimum atomic E-state index is -0.613. The van der Waals surface area contributed by atoms with E-state index in [1.807, 2.05) is 37.3 Å². The Morgan fingerprint density at radius 1 is 1.33 bits per heavy atom. The molecule has 0 aliphatic carbocycles. The number of carbonyl (C=O) groups is 1. The fourth-order valence-corrected chi connectivity index (χ4v) is 2.03. The van der Waals surface area contributed by atoms with Crippen LogP contribution in [0, 0.1) is 0 Å². The molecule has 1 aliphatic heterocycles. The summed E-state index contributed by atoms with van der Waals surface area (Å²) in [4.78, 5) is 11.6. The molecule has 0 saturated carbocycles. The van der Waals surface area contributed by atoms with Crippen LogP contribution >= 0.6 is 12.2 Å². The van der Waals surface area contributed by atoms with Gasteiger partial charge in [0, 0.05) is 6.42 Å². The van der Waals surface area contributed by atoms with Crippen LogP contribution in [0.2, 0.25) is 0 Å². The molecule has 2 rings (SSSR count). The van der Waals surface area contributed by atoms with Crippen molar-refractivity contribution < 1.29 is 4.79 Å². The summed E-state index contributed by atoms with van der Waals surface area (Å²) >= 11 is 4.92. The smallest absolute Gasteiger partial charge is 0.251 e. The molecule has 1 atom stereocenters. The summed E-state index contributed by atoms with van der Waals surface area (Å²) < 4.78 is 0. The molecule has 1 heterocycles. The lowest BCUT2D eigenvalue weighted by Gasteiger charge is -2.20. The first-order valence-corrected chi connectivity index (χ1v) is 5.18. The molecular formula is C11H12N2OS. The van der Waals surface area contributed by atoms with Gasteiger partial charge in [0.25, 0.3) is 5.91 Å². The molecule has 0 aromatic heterocycles. The van der Waals surface area contributed by atoms with E-state index in [4.69, 9.17) is 12.2 Å². The lowest BCUT2D eigenvalue weighted by molar-refractivity contribution is -0.123. The maximum atomic E-state index is 11.6. The van der Waals surface area contributed by atoms with Gasteiger partial charge in [-0.3, -0.25) is 4.79 Å². The third-order valence-electron chi connectivity index (χ3n) is 2.52. The van der Waals surface area contributed by atoms with Crippen LogP contribution in [-0.4, -0.2) is 16.6 Å². The summed E-state index contributed by atoms with van der Waals surface area (Å²) in [7, 11) is 0. The van der Waals surface area contributed by atoms with Gasteiger partial charge in [-0.15, -0.1) is 0 Å². The fourth-order valence-electron chi connectivity index (χ4n) is 1.71. The molecular weight excluding hydrogens is 208 g/mol. The van der Waals surface area contributed by atoms with Crippen LogP contribution in [0.3, 0.4) is 0 Å². The third kappa shape index (κ3) is 1.99. The van der Waals surface area contributed by atoms with Crippen LogP contribution in [0.1, 0.15) is 12.5 Å². The van der Waals surface area contributed by atoms with Gasteiger partial charge in [0.2, 0.25) is 0 Å². The van der Waals surface area contributed by atoms with Crippen molar-refractivity contribution >= 4 is 23.2 Å². The average molecular weight is 220 g/mol. The Kier molecular flexibility index (Phi) is 2.44. The minimum absolute atomic E-state index is 0.0589. The summed E-state index contributed by atoms with van der Waals surface area (Å²) in [5.74, 6) is -0.0589. The molecule has 15 heavy (non-hydrogen) atoms. The van der Waals surface area contributed by atoms with E-state index in [1.165, 1.54) is 0 Å². The summed E-state index contributed by atoms with van der Waals surface area (Å²) in [6, 6.07) is 9.88. The second-order valence-electron chi connectivity index (χ2n) is 3.90. The molecule has 1 aromatic rings. The number of carbonyl (C=O) groups excluding carboxylic acids is 1. The Balaban J connectivity index is 2.18. The highest BCUT2D eigenvalue weighted by Gasteiger charge is 2.39. The number of benzene rings is 1. The SMILES string of the molecule is CC1(Cc2ccccc2)NC(=S)NC1=O. The quantitative estimate of drug-likeness (QED) is 0.730. The van der Waals surface area contributed by atoms with Crippen LogP contribution in [0.15, 0.2) is 30.3 Å². The zero-order valence-electron chi connectivity index (χ0n) is 8.41. The first-order valence-electron chi connectivity index (χ1n) is 4.78. The number of thiocarbonyl (C=S) groups is 1. The molecule has 0 bridgehead atoms. The first-order chi connectivity index (χ1) is 7.10. The van der Waals surface area contributed by atoms with E-state index in [-0.39, 0.29) is 5.91 Å². The Bertz CT molecular complexity index is 404. The van der Waals surface area contributed by atoms with Crippen LogP contribution in [0.5, 0.6) is 0 Å². The van der Waals surface area contributed by atoms with Gasteiger partial charge in [0.1, 0.15) is 5.54 Å². The summed E-state index contributed by atoms with van der Waals surface area (Å²) in [6.45, 7) is 1.86. The van der Waals surface area contributed by atoms with Crippen LogP contribution in [0.4, 0.5) is 0 Å². The lowest BCUT2D eigenvalue weighted by atomic mass is 9.93. The number of hydrogen-bond acceptors (Lipinski definition) is 2. The first kappa shape index (κ1) is 10.1. The maximum Gasteiger partial charge on any atom is 0.251 e. The van der Waals surface area contributed by atoms with Crippen molar-refractivity contribution in [1.29, 1.82) is 0 Å². The molecule has 2 N–H and O–H groups in total. The number of hydrogen-bond donors (Lipinski definition) is 2. The summed E-state index contributed by atoms with van der Waals surface area (Å²) in [5, 5.41) is 6.02. The van der Waals surface area contributed by atoms with Gasteiger partial charge in [-0.2, -0.15) is 0 Å². The monoisotopic (exact) mass is 220 g/mol. The van der Waals surface area contributed by atoms with E-state index < -0.39 is 5.54 Å². The van der Waals surface area contributed by atoms with Gasteiger partial charge in [-0.05, 0) is 24.7 Å². The highest BCUT2D eigenvalue weighted by Crippen LogP contribution is 2.16. The molecule has 78 valence electrons. The molecule has 1 fully saturated rings. The average Bonchev–Trinajstić information content (AvgIpc) is 2.41. The Labute approximate surface area is 93.9 Å². The van der Waals surface area contributed by atoms with Gasteiger partial charge in [0.15, 0.2) is 5.11 Å². The highest BCUT2D eigenvalue weighted by molar-refractivity contribution is 7.80. The molecule has 0 radical (unpaired) electrons. The standard InChI is InChI=1S/C11H12N2OS/c1-11(9(14)12-10(15)13-11)7-8-5-3-2-4-6-8/h2-6H,7H2,1H3,(H2,12,13,14,15). The molecule has 4 heteroatoms. The summed E-state index contributed by atoms with van der Waals surface area (Å²) in [6.07, 6.45) is 0.639. The van der Waals surface area contributed by atoms with Crippen molar-refractivity contribution in [2.45, 2.75) is 18.9 Å². The van der Waals surface area contributed by atoms with E-state index >= 15 is 0 Å². The third-order valence-corrected chi connectivity index (χ3v) is 2.72. The van der Waals surface area contributed by atoms with E-state index in [2.05, 4.69) is 10.6 Å². The van der Waals surface area contributed by atoms with Crippen molar-refractivity contribution in [1.82, 2.24) is 10.6 Å². The van der Waals surface area contributed by atoms with Crippen molar-refractivity contribution in [2.24, 2.45) is 0 Å². The van der Waals surface area contributed by atoms with E-state index in [0.29, 0.717) is 11.5 Å². The van der Waals surface area contributed by atoms with Crippen molar-refractivity contribution in [3.8, 4) is 0 Å². The zero-order chi connectivity index (χ0) is 10.9. The number of rotatable bonds is 2. The van der Waals surface area contributed by atoms with Crippen molar-refractivity contribution in [3.05, 3.63) is 35.9 Å². The fraction of sp³-hybridized carbons (Fsp3) is 0.273. The Morgan fingerprint density at radius 3 is 2.53 bits per heavy atom. The number of nitrogens with one attached hydrogen (secondary N) is 2. The van der Waals surface area contributed by atoms with Gasteiger partial charge in [-0.25, -0.2) is 0 Å². The van der Waals surface area contributed by atoms with Gasteiger partial charge < -0.3 is 10.6 Å². The van der Waals surface area contributed by atoms with Crippen molar-refractivity contribution in [3.63, 3.8) is 0 Å². The van der Waals surface area contributed by atoms with Crippen LogP contribution in [-0.2, 0) is 11.2 Å². The Morgan fingerprint density at radius 2 is 2.00 bits per heavy atom. The molecule has 3 nitrogen and oxygen atoms in total. The zero-order valence-corrected chi connectivity index (χ0v) is 9.23. The van der Waals surface area contributed by atoms with Gasteiger partial charge in [-0.1, -0.05) is 30.3 Å². The molecule has 1 unspecified atom stereocenters. The topological polar surface area (TPSA) is 41.1 Å². The van der Waals surface area contributed by atoms with E-state index in [9.17, 15) is 4.79 Å². The summed E-state index contributed by atoms with van der Waals surface area (Å²) in [5.41, 5.74) is 0.505. The highest BCUT2D eigenvalue weighted by atomic mass is 32.1. The van der Waals surface area contributed by atoms with Crippen molar-refractivity contribution in [2.75, 3.05) is 0 Å². The molecule has 1 aromatic carbocycles. The second kappa shape index (κ2) is 3.62. The Hall–Kier alpha value is -1.42.